The number of halogens is 1. The Balaban J connectivity index is 1.94. The zero-order chi connectivity index (χ0) is 16.8. The lowest BCUT2D eigenvalue weighted by Gasteiger charge is -2.12. The highest BCUT2D eigenvalue weighted by molar-refractivity contribution is 7.80. The minimum absolute atomic E-state index is 0.265. The molecule has 2 aromatic rings. The van der Waals surface area contributed by atoms with Crippen LogP contribution < -0.4 is 10.6 Å². The Bertz CT molecular complexity index is 683. The smallest absolute Gasteiger partial charge is 0.257 e. The van der Waals surface area contributed by atoms with E-state index in [0.717, 1.165) is 12.1 Å². The van der Waals surface area contributed by atoms with Crippen LogP contribution in [-0.4, -0.2) is 11.0 Å². The molecule has 5 heteroatoms. The summed E-state index contributed by atoms with van der Waals surface area (Å²) in [6, 6.07) is 14.7. The lowest BCUT2D eigenvalue weighted by molar-refractivity contribution is 0.0978. The Morgan fingerprint density at radius 2 is 1.74 bits per heavy atom. The molecule has 0 aliphatic rings. The van der Waals surface area contributed by atoms with Crippen LogP contribution in [0, 0.1) is 0 Å². The number of rotatable bonds is 4. The van der Waals surface area contributed by atoms with Crippen LogP contribution in [0.4, 0.5) is 5.69 Å². The zero-order valence-corrected chi connectivity index (χ0v) is 14.7. The maximum absolute atomic E-state index is 12.1. The van der Waals surface area contributed by atoms with E-state index < -0.39 is 0 Å². The second-order valence-electron chi connectivity index (χ2n) is 5.35. The molecule has 0 spiro atoms. The summed E-state index contributed by atoms with van der Waals surface area (Å²) in [7, 11) is 0. The Morgan fingerprint density at radius 1 is 1.13 bits per heavy atom. The van der Waals surface area contributed by atoms with Gasteiger partial charge in [-0.15, -0.1) is 0 Å². The first-order valence-corrected chi connectivity index (χ1v) is 8.26. The molecule has 0 bridgehead atoms. The molecule has 0 radical (unpaired) electrons. The third-order valence-corrected chi connectivity index (χ3v) is 4.14. The molecule has 1 amide bonds. The molecule has 0 aliphatic heterocycles. The highest BCUT2D eigenvalue weighted by atomic mass is 35.5. The minimum atomic E-state index is -0.268. The quantitative estimate of drug-likeness (QED) is 0.767. The number of hydrogen-bond donors (Lipinski definition) is 2. The molecule has 0 aliphatic carbocycles. The zero-order valence-electron chi connectivity index (χ0n) is 13.1. The third-order valence-electron chi connectivity index (χ3n) is 3.68. The van der Waals surface area contributed by atoms with E-state index in [1.165, 1.54) is 5.56 Å². The van der Waals surface area contributed by atoms with Crippen LogP contribution in [-0.2, 0) is 0 Å². The largest absolute Gasteiger partial charge is 0.332 e. The highest BCUT2D eigenvalue weighted by Gasteiger charge is 2.08. The molecular formula is C18H19ClN2OS. The van der Waals surface area contributed by atoms with E-state index in [2.05, 4.69) is 36.6 Å². The van der Waals surface area contributed by atoms with E-state index in [4.69, 9.17) is 23.8 Å². The van der Waals surface area contributed by atoms with Gasteiger partial charge in [0.05, 0.1) is 0 Å². The summed E-state index contributed by atoms with van der Waals surface area (Å²) in [5.41, 5.74) is 2.64. The van der Waals surface area contributed by atoms with Crippen molar-refractivity contribution in [2.24, 2.45) is 0 Å². The van der Waals surface area contributed by atoms with Crippen molar-refractivity contribution in [2.45, 2.75) is 26.2 Å². The van der Waals surface area contributed by atoms with E-state index in [1.54, 1.807) is 24.3 Å². The van der Waals surface area contributed by atoms with Crippen molar-refractivity contribution in [3.05, 3.63) is 64.7 Å². The molecule has 0 heterocycles. The van der Waals surface area contributed by atoms with E-state index >= 15 is 0 Å². The average Bonchev–Trinajstić information content (AvgIpc) is 2.55. The topological polar surface area (TPSA) is 41.1 Å². The molecule has 2 aromatic carbocycles. The number of benzene rings is 2. The van der Waals surface area contributed by atoms with Gasteiger partial charge in [0.1, 0.15) is 0 Å². The summed E-state index contributed by atoms with van der Waals surface area (Å²) in [6.45, 7) is 4.36. The van der Waals surface area contributed by atoms with E-state index in [9.17, 15) is 4.79 Å². The maximum atomic E-state index is 12.1. The van der Waals surface area contributed by atoms with Gasteiger partial charge in [0.2, 0.25) is 0 Å². The molecule has 0 fully saturated rings. The van der Waals surface area contributed by atoms with Gasteiger partial charge in [-0.25, -0.2) is 0 Å². The normalized spacial score (nSPS) is 11.6. The van der Waals surface area contributed by atoms with Gasteiger partial charge in [-0.05, 0) is 66.5 Å². The second kappa shape index (κ2) is 8.09. The molecular weight excluding hydrogens is 328 g/mol. The van der Waals surface area contributed by atoms with Gasteiger partial charge in [0.25, 0.3) is 5.91 Å². The number of nitrogens with one attached hydrogen (secondary N) is 2. The number of anilines is 1. The Kier molecular flexibility index (Phi) is 6.13. The van der Waals surface area contributed by atoms with E-state index in [0.29, 0.717) is 16.5 Å². The number of hydrogen-bond acceptors (Lipinski definition) is 2. The van der Waals surface area contributed by atoms with Gasteiger partial charge in [-0.2, -0.15) is 0 Å². The van der Waals surface area contributed by atoms with Crippen LogP contribution in [0.2, 0.25) is 5.02 Å². The Labute approximate surface area is 147 Å². The summed E-state index contributed by atoms with van der Waals surface area (Å²) >= 11 is 11.0. The number of carbonyl (C=O) groups is 1. The summed E-state index contributed by atoms with van der Waals surface area (Å²) in [5.74, 6) is 0.260. The average molecular weight is 347 g/mol. The fraction of sp³-hybridized carbons (Fsp3) is 0.222. The summed E-state index contributed by atoms with van der Waals surface area (Å²) in [4.78, 5) is 12.1. The van der Waals surface area contributed by atoms with Crippen molar-refractivity contribution in [1.29, 1.82) is 0 Å². The number of thiocarbonyl (C=S) groups is 1. The summed E-state index contributed by atoms with van der Waals surface area (Å²) in [5, 5.41) is 6.51. The molecule has 120 valence electrons. The summed E-state index contributed by atoms with van der Waals surface area (Å²) in [6.07, 6.45) is 1.10. The monoisotopic (exact) mass is 346 g/mol. The van der Waals surface area contributed by atoms with Crippen LogP contribution in [0.3, 0.4) is 0 Å². The fourth-order valence-corrected chi connectivity index (χ4v) is 2.41. The Morgan fingerprint density at radius 3 is 2.30 bits per heavy atom. The van der Waals surface area contributed by atoms with Gasteiger partial charge in [-0.3, -0.25) is 10.1 Å². The van der Waals surface area contributed by atoms with Gasteiger partial charge in [0, 0.05) is 16.3 Å². The molecule has 1 atom stereocenters. The molecule has 3 nitrogen and oxygen atoms in total. The summed E-state index contributed by atoms with van der Waals surface area (Å²) < 4.78 is 0. The minimum Gasteiger partial charge on any atom is -0.332 e. The highest BCUT2D eigenvalue weighted by Crippen LogP contribution is 2.20. The number of carbonyl (C=O) groups excluding carboxylic acids is 1. The van der Waals surface area contributed by atoms with Crippen LogP contribution in [0.5, 0.6) is 0 Å². The third kappa shape index (κ3) is 5.05. The van der Waals surface area contributed by atoms with Gasteiger partial charge in [0.15, 0.2) is 5.11 Å². The molecule has 0 unspecified atom stereocenters. The van der Waals surface area contributed by atoms with Crippen LogP contribution in [0.15, 0.2) is 48.5 Å². The first-order chi connectivity index (χ1) is 11.0. The maximum Gasteiger partial charge on any atom is 0.257 e. The first-order valence-electron chi connectivity index (χ1n) is 7.47. The predicted octanol–water partition coefficient (Wildman–Crippen LogP) is 4.98. The standard InChI is InChI=1S/C18H19ClN2OS/c1-3-12(2)13-6-10-16(11-7-13)20-18(23)21-17(22)14-4-8-15(19)9-5-14/h4-12H,3H2,1-2H3,(H2,20,21,22,23)/t12-/m1/s1. The van der Waals surface area contributed by atoms with Crippen LogP contribution >= 0.6 is 23.8 Å². The molecule has 23 heavy (non-hydrogen) atoms. The van der Waals surface area contributed by atoms with Crippen molar-refractivity contribution in [2.75, 3.05) is 5.32 Å². The SMILES string of the molecule is CC[C@@H](C)c1ccc(NC(=S)NC(=O)c2ccc(Cl)cc2)cc1. The first kappa shape index (κ1) is 17.4. The second-order valence-corrected chi connectivity index (χ2v) is 6.19. The van der Waals surface area contributed by atoms with Gasteiger partial charge < -0.3 is 5.32 Å². The van der Waals surface area contributed by atoms with E-state index in [-0.39, 0.29) is 11.0 Å². The molecule has 0 saturated heterocycles. The molecule has 0 saturated carbocycles. The van der Waals surface area contributed by atoms with Crippen molar-refractivity contribution >= 4 is 40.5 Å². The molecule has 2 rings (SSSR count). The van der Waals surface area contributed by atoms with Crippen molar-refractivity contribution in [1.82, 2.24) is 5.32 Å². The molecule has 2 N–H and O–H groups in total. The van der Waals surface area contributed by atoms with Crippen LogP contribution in [0.25, 0.3) is 0 Å². The lowest BCUT2D eigenvalue weighted by atomic mass is 9.99. The van der Waals surface area contributed by atoms with Crippen molar-refractivity contribution in [3.8, 4) is 0 Å². The van der Waals surface area contributed by atoms with Crippen molar-refractivity contribution < 1.29 is 4.79 Å². The van der Waals surface area contributed by atoms with Crippen LogP contribution in [0.1, 0.15) is 42.1 Å². The Hall–Kier alpha value is -1.91. The fourth-order valence-electron chi connectivity index (χ4n) is 2.07. The van der Waals surface area contributed by atoms with E-state index in [1.807, 2.05) is 12.1 Å². The van der Waals surface area contributed by atoms with Gasteiger partial charge in [-0.1, -0.05) is 37.6 Å². The predicted molar refractivity (Wildman–Crippen MR) is 100 cm³/mol. The van der Waals surface area contributed by atoms with Crippen molar-refractivity contribution in [3.63, 3.8) is 0 Å². The van der Waals surface area contributed by atoms with Gasteiger partial charge >= 0.3 is 0 Å². The number of amides is 1. The lowest BCUT2D eigenvalue weighted by Crippen LogP contribution is -2.34. The molecule has 0 aromatic heterocycles.